The third-order valence-electron chi connectivity index (χ3n) is 8.71. The van der Waals surface area contributed by atoms with E-state index >= 15 is 0 Å². The summed E-state index contributed by atoms with van der Waals surface area (Å²) in [7, 11) is 0. The van der Waals surface area contributed by atoms with Crippen LogP contribution in [-0.4, -0.2) is 22.4 Å². The van der Waals surface area contributed by atoms with E-state index in [1.807, 2.05) is 0 Å². The van der Waals surface area contributed by atoms with Gasteiger partial charge in [-0.25, -0.2) is 0 Å². The van der Waals surface area contributed by atoms with Crippen LogP contribution in [0.2, 0.25) is 0 Å². The summed E-state index contributed by atoms with van der Waals surface area (Å²) in [6.07, 6.45) is 15.8. The van der Waals surface area contributed by atoms with Crippen LogP contribution in [0.5, 0.6) is 0 Å². The molecule has 0 unspecified atom stereocenters. The Morgan fingerprint density at radius 3 is 2.50 bits per heavy atom. The van der Waals surface area contributed by atoms with Crippen LogP contribution in [-0.2, 0) is 0 Å². The van der Waals surface area contributed by atoms with Gasteiger partial charge >= 0.3 is 0 Å². The molecular weight excluding hydrogens is 368 g/mol. The molecule has 2 heteroatoms. The molecule has 168 valence electrons. The van der Waals surface area contributed by atoms with Crippen molar-refractivity contribution in [2.24, 2.45) is 35.0 Å². The Bertz CT molecular complexity index is 712. The number of hydrogen-bond acceptors (Lipinski definition) is 2. The summed E-state index contributed by atoms with van der Waals surface area (Å²) in [6.45, 7) is 16.0. The zero-order valence-corrected chi connectivity index (χ0v) is 19.9. The highest BCUT2D eigenvalue weighted by atomic mass is 16.3. The molecule has 3 fully saturated rings. The molecule has 0 heterocycles. The molecule has 0 bridgehead atoms. The molecule has 0 aromatic rings. The summed E-state index contributed by atoms with van der Waals surface area (Å²) in [5.41, 5.74) is 3.77. The second kappa shape index (κ2) is 9.57. The fraction of sp³-hybridized carbons (Fsp3) is 0.714. The summed E-state index contributed by atoms with van der Waals surface area (Å²) in [4.78, 5) is 0. The molecule has 0 spiro atoms. The van der Waals surface area contributed by atoms with Crippen molar-refractivity contribution in [3.63, 3.8) is 0 Å². The fourth-order valence-electron chi connectivity index (χ4n) is 6.32. The van der Waals surface area contributed by atoms with Gasteiger partial charge in [-0.15, -0.1) is 0 Å². The first-order valence-electron chi connectivity index (χ1n) is 12.3. The summed E-state index contributed by atoms with van der Waals surface area (Å²) in [6, 6.07) is 0. The number of rotatable bonds is 5. The largest absolute Gasteiger partial charge is 0.393 e. The molecule has 0 amide bonds. The van der Waals surface area contributed by atoms with Gasteiger partial charge in [-0.05, 0) is 84.7 Å². The molecule has 7 atom stereocenters. The minimum absolute atomic E-state index is 0.385. The van der Waals surface area contributed by atoms with E-state index in [0.29, 0.717) is 41.9 Å². The first-order chi connectivity index (χ1) is 14.1. The van der Waals surface area contributed by atoms with Crippen molar-refractivity contribution < 1.29 is 10.2 Å². The maximum absolute atomic E-state index is 10.1. The number of aliphatic hydroxyl groups excluding tert-OH is 2. The van der Waals surface area contributed by atoms with Gasteiger partial charge in [0, 0.05) is 6.42 Å². The van der Waals surface area contributed by atoms with Crippen LogP contribution in [0.25, 0.3) is 0 Å². The first-order valence-corrected chi connectivity index (χ1v) is 12.3. The first kappa shape index (κ1) is 23.5. The molecule has 3 aliphatic rings. The van der Waals surface area contributed by atoms with E-state index in [0.717, 1.165) is 17.1 Å². The van der Waals surface area contributed by atoms with Crippen LogP contribution in [0, 0.1) is 35.0 Å². The molecule has 3 saturated carbocycles. The zero-order valence-electron chi connectivity index (χ0n) is 19.9. The van der Waals surface area contributed by atoms with Gasteiger partial charge in [0.25, 0.3) is 0 Å². The molecule has 0 radical (unpaired) electrons. The Morgan fingerprint density at radius 1 is 1.07 bits per heavy atom. The average Bonchev–Trinajstić information content (AvgIpc) is 3.04. The summed E-state index contributed by atoms with van der Waals surface area (Å²) >= 11 is 0. The van der Waals surface area contributed by atoms with Crippen LogP contribution in [0.3, 0.4) is 0 Å². The SMILES string of the molecule is C=C1/C(=C\C=C2/CCC[C@]3(C)[C@@H]2CC[C@H]3[C@@H](C)/C=C/[C@@H](C)C(C)C)C[C@H](O)C[C@H]1O. The van der Waals surface area contributed by atoms with Crippen molar-refractivity contribution in [3.8, 4) is 0 Å². The molecule has 2 nitrogen and oxygen atoms in total. The highest BCUT2D eigenvalue weighted by molar-refractivity contribution is 5.38. The van der Waals surface area contributed by atoms with Crippen molar-refractivity contribution in [2.75, 3.05) is 0 Å². The van der Waals surface area contributed by atoms with Gasteiger partial charge < -0.3 is 10.2 Å². The van der Waals surface area contributed by atoms with Gasteiger partial charge in [0.15, 0.2) is 0 Å². The van der Waals surface area contributed by atoms with Gasteiger partial charge in [-0.1, -0.05) is 71.1 Å². The molecule has 2 N–H and O–H groups in total. The Kier molecular flexibility index (Phi) is 7.51. The fourth-order valence-corrected chi connectivity index (χ4v) is 6.32. The minimum Gasteiger partial charge on any atom is -0.393 e. The Labute approximate surface area is 184 Å². The zero-order chi connectivity index (χ0) is 22.1. The summed E-state index contributed by atoms with van der Waals surface area (Å²) < 4.78 is 0. The van der Waals surface area contributed by atoms with Gasteiger partial charge in [0.05, 0.1) is 12.2 Å². The van der Waals surface area contributed by atoms with Crippen molar-refractivity contribution in [2.45, 2.75) is 91.8 Å². The molecule has 0 aromatic heterocycles. The van der Waals surface area contributed by atoms with Gasteiger partial charge in [0.1, 0.15) is 0 Å². The smallest absolute Gasteiger partial charge is 0.0811 e. The maximum Gasteiger partial charge on any atom is 0.0811 e. The van der Waals surface area contributed by atoms with E-state index in [2.05, 4.69) is 65.5 Å². The molecule has 0 aliphatic heterocycles. The monoisotopic (exact) mass is 412 g/mol. The van der Waals surface area contributed by atoms with E-state index in [9.17, 15) is 10.2 Å². The number of fused-ring (bicyclic) bond motifs is 1. The van der Waals surface area contributed by atoms with Crippen LogP contribution in [0.15, 0.2) is 47.6 Å². The lowest BCUT2D eigenvalue weighted by Crippen LogP contribution is -2.35. The predicted octanol–water partition coefficient (Wildman–Crippen LogP) is 6.61. The third kappa shape index (κ3) is 4.86. The second-order valence-corrected chi connectivity index (χ2v) is 11.0. The molecule has 0 saturated heterocycles. The maximum atomic E-state index is 10.1. The summed E-state index contributed by atoms with van der Waals surface area (Å²) in [5.74, 6) is 3.38. The van der Waals surface area contributed by atoms with Crippen molar-refractivity contribution in [3.05, 3.63) is 47.6 Å². The molecule has 3 rings (SSSR count). The van der Waals surface area contributed by atoms with Gasteiger partial charge in [0.2, 0.25) is 0 Å². The van der Waals surface area contributed by atoms with Crippen molar-refractivity contribution in [1.29, 1.82) is 0 Å². The Morgan fingerprint density at radius 2 is 1.80 bits per heavy atom. The highest BCUT2D eigenvalue weighted by Gasteiger charge is 2.50. The normalized spacial score (nSPS) is 39.8. The lowest BCUT2D eigenvalue weighted by atomic mass is 9.61. The minimum atomic E-state index is -0.605. The second-order valence-electron chi connectivity index (χ2n) is 11.0. The van der Waals surface area contributed by atoms with E-state index in [1.165, 1.54) is 32.1 Å². The van der Waals surface area contributed by atoms with Gasteiger partial charge in [-0.3, -0.25) is 0 Å². The van der Waals surface area contributed by atoms with Crippen LogP contribution < -0.4 is 0 Å². The van der Waals surface area contributed by atoms with Crippen LogP contribution >= 0.6 is 0 Å². The summed E-state index contributed by atoms with van der Waals surface area (Å²) in [5, 5.41) is 20.2. The van der Waals surface area contributed by atoms with Crippen LogP contribution in [0.4, 0.5) is 0 Å². The lowest BCUT2D eigenvalue weighted by Gasteiger charge is -2.44. The molecule has 30 heavy (non-hydrogen) atoms. The van der Waals surface area contributed by atoms with E-state index in [4.69, 9.17) is 0 Å². The standard InChI is InChI=1S/C28H44O2/c1-18(2)19(3)9-10-20(4)25-13-14-26-22(8-7-15-28(25,26)6)11-12-23-16-24(29)17-27(30)21(23)5/h9-12,18-20,24-27,29-30H,5,7-8,13-17H2,1-4,6H3/b10-9+,22-11+,23-12-/t19-,20+,24+,25+,26-,27-,28+/m1/s1. The highest BCUT2D eigenvalue weighted by Crippen LogP contribution is 2.59. The Balaban J connectivity index is 1.76. The van der Waals surface area contributed by atoms with Gasteiger partial charge in [-0.2, -0.15) is 0 Å². The number of aliphatic hydroxyl groups is 2. The Hall–Kier alpha value is -1.12. The predicted molar refractivity (Wildman–Crippen MR) is 127 cm³/mol. The number of allylic oxidation sites excluding steroid dienone is 5. The lowest BCUT2D eigenvalue weighted by molar-refractivity contribution is 0.0862. The molecule has 3 aliphatic carbocycles. The topological polar surface area (TPSA) is 40.5 Å². The van der Waals surface area contributed by atoms with E-state index < -0.39 is 12.2 Å². The van der Waals surface area contributed by atoms with E-state index in [1.54, 1.807) is 5.57 Å². The average molecular weight is 413 g/mol. The molecule has 0 aromatic carbocycles. The van der Waals surface area contributed by atoms with E-state index in [-0.39, 0.29) is 0 Å². The number of hydrogen-bond donors (Lipinski definition) is 2. The van der Waals surface area contributed by atoms with Crippen molar-refractivity contribution >= 4 is 0 Å². The quantitative estimate of drug-likeness (QED) is 0.499. The molecular formula is C28H44O2. The van der Waals surface area contributed by atoms with Crippen molar-refractivity contribution in [1.82, 2.24) is 0 Å². The third-order valence-corrected chi connectivity index (χ3v) is 8.71. The van der Waals surface area contributed by atoms with Crippen LogP contribution in [0.1, 0.15) is 79.6 Å².